The van der Waals surface area contributed by atoms with E-state index in [-0.39, 0.29) is 18.5 Å². The second-order valence-electron chi connectivity index (χ2n) is 2.57. The molecule has 1 unspecified atom stereocenters. The maximum Gasteiger partial charge on any atom is 0.308 e. The van der Waals surface area contributed by atoms with Gasteiger partial charge < -0.3 is 4.74 Å². The first-order valence-electron chi connectivity index (χ1n) is 3.34. The molecule has 0 radical (unpaired) electrons. The van der Waals surface area contributed by atoms with Crippen molar-refractivity contribution in [3.63, 3.8) is 0 Å². The first kappa shape index (κ1) is 9.40. The molecule has 0 rings (SSSR count). The fourth-order valence-corrected chi connectivity index (χ4v) is 0.364. The van der Waals surface area contributed by atoms with Gasteiger partial charge in [-0.2, -0.15) is 0 Å². The minimum atomic E-state index is -1.07. The summed E-state index contributed by atoms with van der Waals surface area (Å²) in [5.41, 5.74) is 0. The maximum absolute atomic E-state index is 12.0. The zero-order valence-electron chi connectivity index (χ0n) is 6.56. The Kier molecular flexibility index (Phi) is 4.00. The predicted molar refractivity (Wildman–Crippen MR) is 36.4 cm³/mol. The molecule has 0 N–H and O–H groups in total. The molecule has 0 spiro atoms. The Hall–Kier alpha value is -0.600. The summed E-state index contributed by atoms with van der Waals surface area (Å²) in [5.74, 6) is -0.511. The van der Waals surface area contributed by atoms with Crippen molar-refractivity contribution >= 4 is 5.97 Å². The highest BCUT2D eigenvalue weighted by molar-refractivity contribution is 5.71. The van der Waals surface area contributed by atoms with Crippen molar-refractivity contribution in [1.82, 2.24) is 0 Å². The molecule has 0 heterocycles. The summed E-state index contributed by atoms with van der Waals surface area (Å²) in [6.07, 6.45) is -1.07. The molecule has 0 aromatic carbocycles. The van der Waals surface area contributed by atoms with Crippen LogP contribution >= 0.6 is 0 Å². The topological polar surface area (TPSA) is 26.3 Å². The molecule has 0 bridgehead atoms. The third kappa shape index (κ3) is 4.30. The van der Waals surface area contributed by atoms with E-state index in [4.69, 9.17) is 0 Å². The molecular weight excluding hydrogens is 135 g/mol. The van der Waals surface area contributed by atoms with Crippen LogP contribution < -0.4 is 0 Å². The normalized spacial score (nSPS) is 13.3. The summed E-state index contributed by atoms with van der Waals surface area (Å²) in [6.45, 7) is 4.65. The molecule has 3 heteroatoms. The second-order valence-corrected chi connectivity index (χ2v) is 2.57. The summed E-state index contributed by atoms with van der Waals surface area (Å²) in [6, 6.07) is 0. The highest BCUT2D eigenvalue weighted by Gasteiger charge is 2.09. The molecule has 60 valence electrons. The molecule has 0 aliphatic heterocycles. The first-order chi connectivity index (χ1) is 4.54. The lowest BCUT2D eigenvalue weighted by Gasteiger charge is -2.06. The van der Waals surface area contributed by atoms with E-state index in [9.17, 15) is 9.18 Å². The quantitative estimate of drug-likeness (QED) is 0.567. The van der Waals surface area contributed by atoms with Crippen molar-refractivity contribution in [2.75, 3.05) is 6.61 Å². The van der Waals surface area contributed by atoms with E-state index in [0.29, 0.717) is 0 Å². The molecule has 0 fully saturated rings. The molecule has 0 aliphatic rings. The molecule has 2 nitrogen and oxygen atoms in total. The van der Waals surface area contributed by atoms with Gasteiger partial charge in [0, 0.05) is 0 Å². The summed E-state index contributed by atoms with van der Waals surface area (Å²) in [5, 5.41) is 0. The van der Waals surface area contributed by atoms with Crippen LogP contribution in [0.15, 0.2) is 0 Å². The summed E-state index contributed by atoms with van der Waals surface area (Å²) in [4.78, 5) is 10.7. The van der Waals surface area contributed by atoms with E-state index >= 15 is 0 Å². The lowest BCUT2D eigenvalue weighted by atomic mass is 10.2. The number of alkyl halides is 1. The van der Waals surface area contributed by atoms with E-state index < -0.39 is 6.17 Å². The minimum absolute atomic E-state index is 0.128. The van der Waals surface area contributed by atoms with E-state index in [1.165, 1.54) is 6.92 Å². The maximum atomic E-state index is 12.0. The monoisotopic (exact) mass is 148 g/mol. The molecule has 0 saturated heterocycles. The Bertz CT molecular complexity index is 110. The molecular formula is C7H13FO2. The van der Waals surface area contributed by atoms with Crippen molar-refractivity contribution in [1.29, 1.82) is 0 Å². The molecule has 10 heavy (non-hydrogen) atoms. The average Bonchev–Trinajstić information content (AvgIpc) is 1.82. The van der Waals surface area contributed by atoms with Gasteiger partial charge in [-0.25, -0.2) is 4.39 Å². The largest absolute Gasteiger partial charge is 0.462 e. The van der Waals surface area contributed by atoms with Crippen molar-refractivity contribution in [3.8, 4) is 0 Å². The van der Waals surface area contributed by atoms with Gasteiger partial charge in [-0.05, 0) is 6.92 Å². The molecule has 1 atom stereocenters. The number of halogens is 1. The number of hydrogen-bond donors (Lipinski definition) is 0. The van der Waals surface area contributed by atoms with Gasteiger partial charge in [0.05, 0.1) is 5.92 Å². The van der Waals surface area contributed by atoms with Gasteiger partial charge in [0.25, 0.3) is 0 Å². The van der Waals surface area contributed by atoms with Crippen molar-refractivity contribution in [2.24, 2.45) is 5.92 Å². The van der Waals surface area contributed by atoms with Gasteiger partial charge in [0.2, 0.25) is 0 Å². The molecule has 0 saturated carbocycles. The van der Waals surface area contributed by atoms with Crippen LogP contribution in [-0.4, -0.2) is 18.7 Å². The van der Waals surface area contributed by atoms with E-state index in [1.807, 2.05) is 0 Å². The Labute approximate surface area is 60.4 Å². The van der Waals surface area contributed by atoms with Crippen molar-refractivity contribution in [2.45, 2.75) is 26.9 Å². The number of carbonyl (C=O) groups is 1. The van der Waals surface area contributed by atoms with Crippen LogP contribution in [0.25, 0.3) is 0 Å². The predicted octanol–water partition coefficient (Wildman–Crippen LogP) is 1.54. The van der Waals surface area contributed by atoms with Crippen molar-refractivity contribution < 1.29 is 13.9 Å². The number of esters is 1. The van der Waals surface area contributed by atoms with Gasteiger partial charge in [0.15, 0.2) is 0 Å². The summed E-state index contributed by atoms with van der Waals surface area (Å²) >= 11 is 0. The van der Waals surface area contributed by atoms with Crippen LogP contribution in [-0.2, 0) is 9.53 Å². The zero-order chi connectivity index (χ0) is 8.15. The fourth-order valence-electron chi connectivity index (χ4n) is 0.364. The lowest BCUT2D eigenvalue weighted by Crippen LogP contribution is -2.16. The van der Waals surface area contributed by atoms with Crippen LogP contribution in [0.3, 0.4) is 0 Å². The van der Waals surface area contributed by atoms with E-state index in [0.717, 1.165) is 0 Å². The highest BCUT2D eigenvalue weighted by Crippen LogP contribution is 1.97. The van der Waals surface area contributed by atoms with Crippen LogP contribution in [0.5, 0.6) is 0 Å². The third-order valence-electron chi connectivity index (χ3n) is 0.927. The molecule has 0 amide bonds. The first-order valence-corrected chi connectivity index (χ1v) is 3.34. The average molecular weight is 148 g/mol. The smallest absolute Gasteiger partial charge is 0.308 e. The third-order valence-corrected chi connectivity index (χ3v) is 0.927. The van der Waals surface area contributed by atoms with Crippen molar-refractivity contribution in [3.05, 3.63) is 0 Å². The van der Waals surface area contributed by atoms with E-state index in [1.54, 1.807) is 13.8 Å². The van der Waals surface area contributed by atoms with Gasteiger partial charge in [-0.1, -0.05) is 13.8 Å². The number of ether oxygens (including phenoxy) is 1. The lowest BCUT2D eigenvalue weighted by molar-refractivity contribution is -0.148. The van der Waals surface area contributed by atoms with Crippen LogP contribution in [0, 0.1) is 5.92 Å². The Morgan fingerprint density at radius 3 is 2.30 bits per heavy atom. The Balaban J connectivity index is 3.40. The zero-order valence-corrected chi connectivity index (χ0v) is 6.56. The van der Waals surface area contributed by atoms with Gasteiger partial charge >= 0.3 is 5.97 Å². The van der Waals surface area contributed by atoms with Crippen LogP contribution in [0.2, 0.25) is 0 Å². The van der Waals surface area contributed by atoms with Crippen LogP contribution in [0.1, 0.15) is 20.8 Å². The Morgan fingerprint density at radius 1 is 1.50 bits per heavy atom. The number of carbonyl (C=O) groups excluding carboxylic acids is 1. The Morgan fingerprint density at radius 2 is 2.00 bits per heavy atom. The summed E-state index contributed by atoms with van der Waals surface area (Å²) < 4.78 is 16.6. The van der Waals surface area contributed by atoms with Crippen LogP contribution in [0.4, 0.5) is 4.39 Å². The molecule has 0 aromatic rings. The molecule has 0 aromatic heterocycles. The highest BCUT2D eigenvalue weighted by atomic mass is 19.1. The van der Waals surface area contributed by atoms with Gasteiger partial charge in [-0.15, -0.1) is 0 Å². The second kappa shape index (κ2) is 4.25. The molecule has 0 aliphatic carbocycles. The summed E-state index contributed by atoms with van der Waals surface area (Å²) in [7, 11) is 0. The van der Waals surface area contributed by atoms with E-state index in [2.05, 4.69) is 4.74 Å². The minimum Gasteiger partial charge on any atom is -0.462 e. The standard InChI is InChI=1S/C7H13FO2/c1-5(2)7(9)10-4-6(3)8/h5-6H,4H2,1-3H3. The van der Waals surface area contributed by atoms with Gasteiger partial charge in [0.1, 0.15) is 12.8 Å². The fraction of sp³-hybridized carbons (Fsp3) is 0.857. The number of hydrogen-bond acceptors (Lipinski definition) is 2. The van der Waals surface area contributed by atoms with Gasteiger partial charge in [-0.3, -0.25) is 4.79 Å². The number of rotatable bonds is 3. The SMILES string of the molecule is CC(F)COC(=O)C(C)C.